The van der Waals surface area contributed by atoms with Crippen molar-refractivity contribution in [2.45, 2.75) is 6.17 Å². The van der Waals surface area contributed by atoms with E-state index in [0.717, 1.165) is 19.2 Å². The van der Waals surface area contributed by atoms with Crippen LogP contribution in [0.1, 0.15) is 11.7 Å². The molecule has 0 bridgehead atoms. The van der Waals surface area contributed by atoms with Crippen molar-refractivity contribution in [1.29, 1.82) is 15.8 Å². The SMILES string of the molecule is C/N=C/C(C#N)=c1\c(F)c(F)c2c(c1F)C(F)C1C(F)=C(F)C(=C(C#N)C#N)C(F)=C1C=2F. The van der Waals surface area contributed by atoms with Crippen LogP contribution >= 0.6 is 0 Å². The lowest BCUT2D eigenvalue weighted by Crippen LogP contribution is -2.39. The largest absolute Gasteiger partial charge is 0.295 e. The number of fused-ring (bicyclic) bond motifs is 2. The third-order valence-corrected chi connectivity index (χ3v) is 4.97. The van der Waals surface area contributed by atoms with Crippen molar-refractivity contribution < 1.29 is 35.1 Å². The summed E-state index contributed by atoms with van der Waals surface area (Å²) in [6, 6.07) is 3.39. The Labute approximate surface area is 179 Å². The second kappa shape index (κ2) is 8.36. The molecule has 0 saturated heterocycles. The summed E-state index contributed by atoms with van der Waals surface area (Å²) < 4.78 is 119. The highest BCUT2D eigenvalue weighted by Gasteiger charge is 2.48. The zero-order valence-corrected chi connectivity index (χ0v) is 16.0. The molecule has 166 valence electrons. The summed E-state index contributed by atoms with van der Waals surface area (Å²) in [5, 5.41) is 23.5. The highest BCUT2D eigenvalue weighted by atomic mass is 19.2. The lowest BCUT2D eigenvalue weighted by atomic mass is 9.76. The molecule has 0 aliphatic heterocycles. The third kappa shape index (κ3) is 3.13. The van der Waals surface area contributed by atoms with Crippen LogP contribution in [0.25, 0.3) is 11.4 Å². The van der Waals surface area contributed by atoms with Gasteiger partial charge in [-0.25, -0.2) is 35.1 Å². The number of hydrogen-bond donors (Lipinski definition) is 0. The highest BCUT2D eigenvalue weighted by molar-refractivity contribution is 6.08. The first-order valence-corrected chi connectivity index (χ1v) is 8.66. The molecule has 33 heavy (non-hydrogen) atoms. The molecule has 2 aliphatic rings. The van der Waals surface area contributed by atoms with Crippen LogP contribution in [-0.4, -0.2) is 13.3 Å². The minimum absolute atomic E-state index is 0.595. The Morgan fingerprint density at radius 2 is 1.45 bits per heavy atom. The molecular weight excluding hydrogens is 460 g/mol. The minimum atomic E-state index is -3.19. The number of alkyl halides is 1. The Morgan fingerprint density at radius 1 is 0.848 bits per heavy atom. The van der Waals surface area contributed by atoms with E-state index in [1.165, 1.54) is 6.07 Å². The molecule has 3 rings (SSSR count). The van der Waals surface area contributed by atoms with Gasteiger partial charge in [-0.05, 0) is 0 Å². The molecular formula is C21H6F8N4. The Bertz CT molecular complexity index is 1480. The lowest BCUT2D eigenvalue weighted by Gasteiger charge is -2.31. The van der Waals surface area contributed by atoms with Gasteiger partial charge in [0.25, 0.3) is 0 Å². The quantitative estimate of drug-likeness (QED) is 0.272. The van der Waals surface area contributed by atoms with Crippen LogP contribution in [0, 0.1) is 57.4 Å². The summed E-state index contributed by atoms with van der Waals surface area (Å²) in [4.78, 5) is 3.33. The Morgan fingerprint density at radius 3 is 1.97 bits per heavy atom. The molecule has 0 amide bonds. The number of halogens is 8. The van der Waals surface area contributed by atoms with Crippen molar-refractivity contribution in [2.75, 3.05) is 7.05 Å². The van der Waals surface area contributed by atoms with Crippen LogP contribution in [0.15, 0.2) is 39.2 Å². The molecule has 4 nitrogen and oxygen atoms in total. The number of aliphatic imine (C=N–C) groups is 1. The summed E-state index contributed by atoms with van der Waals surface area (Å²) in [5.41, 5.74) is -7.21. The average molecular weight is 466 g/mol. The molecule has 12 heteroatoms. The summed E-state index contributed by atoms with van der Waals surface area (Å²) in [6.07, 6.45) is -2.59. The zero-order valence-electron chi connectivity index (χ0n) is 16.0. The van der Waals surface area contributed by atoms with E-state index in [1.807, 2.05) is 0 Å². The van der Waals surface area contributed by atoms with Gasteiger partial charge < -0.3 is 0 Å². The fourth-order valence-corrected chi connectivity index (χ4v) is 3.58. The third-order valence-electron chi connectivity index (χ3n) is 4.97. The molecule has 0 saturated carbocycles. The Kier molecular flexibility index (Phi) is 5.93. The van der Waals surface area contributed by atoms with Gasteiger partial charge in [-0.2, -0.15) is 15.8 Å². The first kappa shape index (κ1) is 23.4. The first-order chi connectivity index (χ1) is 15.6. The first-order valence-electron chi connectivity index (χ1n) is 8.66. The number of nitriles is 3. The monoisotopic (exact) mass is 466 g/mol. The van der Waals surface area contributed by atoms with Gasteiger partial charge in [0.1, 0.15) is 53.3 Å². The predicted molar refractivity (Wildman–Crippen MR) is 96.5 cm³/mol. The van der Waals surface area contributed by atoms with Crippen molar-refractivity contribution in [2.24, 2.45) is 10.9 Å². The van der Waals surface area contributed by atoms with Gasteiger partial charge in [-0.3, -0.25) is 4.99 Å². The van der Waals surface area contributed by atoms with E-state index in [-0.39, 0.29) is 0 Å². The topological polar surface area (TPSA) is 83.7 Å². The Balaban J connectivity index is 2.65. The van der Waals surface area contributed by atoms with Crippen molar-refractivity contribution >= 4 is 17.6 Å². The number of allylic oxidation sites excluding steroid dienone is 6. The van der Waals surface area contributed by atoms with Crippen LogP contribution in [0.5, 0.6) is 0 Å². The summed E-state index contributed by atoms with van der Waals surface area (Å²) >= 11 is 0. The molecule has 0 heterocycles. The van der Waals surface area contributed by atoms with E-state index in [9.17, 15) is 22.0 Å². The van der Waals surface area contributed by atoms with E-state index in [2.05, 4.69) is 4.99 Å². The molecule has 0 spiro atoms. The van der Waals surface area contributed by atoms with Crippen molar-refractivity contribution in [3.8, 4) is 18.2 Å². The summed E-state index contributed by atoms with van der Waals surface area (Å²) in [7, 11) is 1.08. The highest BCUT2D eigenvalue weighted by Crippen LogP contribution is 2.52. The molecule has 0 radical (unpaired) electrons. The Hall–Kier alpha value is -4.24. The standard InChI is InChI=1S/C21H6F8N4/c1-33-5-7(4-32)9-15(23)11-13(21(29)19(9)27)16(24)10-12(17(11)25)20(28)18(26)8(14(10)22)6(2-30)3-31/h5,12,17H,1H3/b9-7-,33-5+. The van der Waals surface area contributed by atoms with E-state index in [0.29, 0.717) is 6.21 Å². The summed E-state index contributed by atoms with van der Waals surface area (Å²) in [5.74, 6) is -17.9. The predicted octanol–water partition coefficient (Wildman–Crippen LogP) is 3.93. The fraction of sp³-hybridized carbons (Fsp3) is 0.143. The smallest absolute Gasteiger partial charge is 0.171 e. The van der Waals surface area contributed by atoms with Gasteiger partial charge >= 0.3 is 0 Å². The maximum Gasteiger partial charge on any atom is 0.171 e. The van der Waals surface area contributed by atoms with Crippen molar-refractivity contribution in [3.05, 3.63) is 67.7 Å². The fourth-order valence-electron chi connectivity index (χ4n) is 3.58. The van der Waals surface area contributed by atoms with E-state index >= 15 is 13.2 Å². The number of nitrogens with zero attached hydrogens (tertiary/aromatic N) is 4. The van der Waals surface area contributed by atoms with Crippen LogP contribution in [0.3, 0.4) is 0 Å². The molecule has 2 unspecified atom stereocenters. The zero-order chi connectivity index (χ0) is 24.8. The molecule has 0 fully saturated rings. The van der Waals surface area contributed by atoms with Gasteiger partial charge in [0.15, 0.2) is 17.5 Å². The van der Waals surface area contributed by atoms with Gasteiger partial charge in [0.2, 0.25) is 0 Å². The molecule has 2 aliphatic carbocycles. The lowest BCUT2D eigenvalue weighted by molar-refractivity contribution is 0.233. The maximum absolute atomic E-state index is 15.3. The van der Waals surface area contributed by atoms with Crippen LogP contribution < -0.4 is 10.4 Å². The van der Waals surface area contributed by atoms with E-state index in [1.54, 1.807) is 0 Å². The average Bonchev–Trinajstić information content (AvgIpc) is 2.79. The van der Waals surface area contributed by atoms with E-state index < -0.39 is 91.1 Å². The van der Waals surface area contributed by atoms with Gasteiger partial charge in [-0.1, -0.05) is 0 Å². The molecule has 2 atom stereocenters. The second-order valence-corrected chi connectivity index (χ2v) is 6.57. The number of rotatable bonds is 1. The maximum atomic E-state index is 15.3. The van der Waals surface area contributed by atoms with Gasteiger partial charge in [0, 0.05) is 24.4 Å². The second-order valence-electron chi connectivity index (χ2n) is 6.57. The van der Waals surface area contributed by atoms with Crippen LogP contribution in [-0.2, 0) is 0 Å². The van der Waals surface area contributed by atoms with Gasteiger partial charge in [0.05, 0.1) is 27.5 Å². The van der Waals surface area contributed by atoms with Gasteiger partial charge in [-0.15, -0.1) is 0 Å². The summed E-state index contributed by atoms with van der Waals surface area (Å²) in [6.45, 7) is 0. The normalized spacial score (nSPS) is 20.8. The molecule has 0 N–H and O–H groups in total. The van der Waals surface area contributed by atoms with Crippen LogP contribution in [0.4, 0.5) is 35.1 Å². The number of benzene rings is 1. The molecule has 1 aromatic carbocycles. The number of hydrogen-bond acceptors (Lipinski definition) is 4. The van der Waals surface area contributed by atoms with Crippen LogP contribution in [0.2, 0.25) is 0 Å². The van der Waals surface area contributed by atoms with Crippen molar-refractivity contribution in [3.63, 3.8) is 0 Å². The molecule has 0 aromatic heterocycles. The van der Waals surface area contributed by atoms with Crippen molar-refractivity contribution in [1.82, 2.24) is 0 Å². The minimum Gasteiger partial charge on any atom is -0.295 e. The molecule has 1 aromatic rings. The van der Waals surface area contributed by atoms with E-state index in [4.69, 9.17) is 15.8 Å².